The second-order valence-corrected chi connectivity index (χ2v) is 5.24. The largest absolute Gasteiger partial charge is 0.494 e. The van der Waals surface area contributed by atoms with Crippen LogP contribution in [-0.4, -0.2) is 36.2 Å². The van der Waals surface area contributed by atoms with Gasteiger partial charge in [-0.1, -0.05) is 20.8 Å². The molecule has 1 aromatic rings. The van der Waals surface area contributed by atoms with Crippen molar-refractivity contribution in [2.45, 2.75) is 33.2 Å². The van der Waals surface area contributed by atoms with Crippen molar-refractivity contribution < 1.29 is 24.2 Å². The lowest BCUT2D eigenvalue weighted by atomic mass is 10.1. The van der Waals surface area contributed by atoms with E-state index in [1.54, 1.807) is 38.1 Å². The number of carboxylic acids is 1. The SMILES string of the molecule is CCCOc1ccc(OCC(=O)NC(C(=O)O)C(C)C)cc1. The van der Waals surface area contributed by atoms with Crippen molar-refractivity contribution in [2.75, 3.05) is 13.2 Å². The maximum atomic E-state index is 11.7. The molecule has 1 amide bonds. The van der Waals surface area contributed by atoms with Gasteiger partial charge in [0.2, 0.25) is 0 Å². The average molecular weight is 309 g/mol. The second-order valence-electron chi connectivity index (χ2n) is 5.24. The van der Waals surface area contributed by atoms with Crippen molar-refractivity contribution in [3.05, 3.63) is 24.3 Å². The summed E-state index contributed by atoms with van der Waals surface area (Å²) >= 11 is 0. The van der Waals surface area contributed by atoms with Crippen LogP contribution in [0.5, 0.6) is 11.5 Å². The molecule has 0 aliphatic rings. The molecule has 0 aromatic heterocycles. The Bertz CT molecular complexity index is 484. The number of carboxylic acid groups (broad SMARTS) is 1. The number of carbonyl (C=O) groups is 2. The number of ether oxygens (including phenoxy) is 2. The Morgan fingerprint density at radius 1 is 1.14 bits per heavy atom. The number of benzene rings is 1. The Labute approximate surface area is 130 Å². The highest BCUT2D eigenvalue weighted by atomic mass is 16.5. The van der Waals surface area contributed by atoms with E-state index in [4.69, 9.17) is 14.6 Å². The molecular formula is C16H23NO5. The molecule has 1 aromatic carbocycles. The highest BCUT2D eigenvalue weighted by Gasteiger charge is 2.23. The normalized spacial score (nSPS) is 11.8. The molecule has 0 saturated heterocycles. The van der Waals surface area contributed by atoms with Gasteiger partial charge in [0, 0.05) is 0 Å². The zero-order valence-electron chi connectivity index (χ0n) is 13.2. The van der Waals surface area contributed by atoms with E-state index in [0.29, 0.717) is 12.4 Å². The van der Waals surface area contributed by atoms with Crippen LogP contribution in [0.3, 0.4) is 0 Å². The first-order valence-corrected chi connectivity index (χ1v) is 7.31. The summed E-state index contributed by atoms with van der Waals surface area (Å²) in [5.41, 5.74) is 0. The van der Waals surface area contributed by atoms with Gasteiger partial charge in [0.1, 0.15) is 17.5 Å². The topological polar surface area (TPSA) is 84.9 Å². The lowest BCUT2D eigenvalue weighted by molar-refractivity contribution is -0.143. The molecule has 0 saturated carbocycles. The fourth-order valence-corrected chi connectivity index (χ4v) is 1.73. The van der Waals surface area contributed by atoms with E-state index >= 15 is 0 Å². The number of hydrogen-bond acceptors (Lipinski definition) is 4. The Balaban J connectivity index is 2.45. The molecule has 0 aliphatic carbocycles. The molecule has 0 fully saturated rings. The number of amides is 1. The number of aliphatic carboxylic acids is 1. The lowest BCUT2D eigenvalue weighted by Crippen LogP contribution is -2.46. The highest BCUT2D eigenvalue weighted by Crippen LogP contribution is 2.17. The first-order chi connectivity index (χ1) is 10.4. The molecule has 1 rings (SSSR count). The summed E-state index contributed by atoms with van der Waals surface area (Å²) in [5, 5.41) is 11.4. The van der Waals surface area contributed by atoms with Gasteiger partial charge in [0.05, 0.1) is 6.61 Å². The summed E-state index contributed by atoms with van der Waals surface area (Å²) in [7, 11) is 0. The first-order valence-electron chi connectivity index (χ1n) is 7.31. The van der Waals surface area contributed by atoms with Crippen LogP contribution in [0.2, 0.25) is 0 Å². The molecule has 0 bridgehead atoms. The summed E-state index contributed by atoms with van der Waals surface area (Å²) in [6.45, 7) is 5.90. The van der Waals surface area contributed by atoms with Crippen molar-refractivity contribution in [2.24, 2.45) is 5.92 Å². The lowest BCUT2D eigenvalue weighted by Gasteiger charge is -2.18. The smallest absolute Gasteiger partial charge is 0.326 e. The van der Waals surface area contributed by atoms with E-state index < -0.39 is 17.9 Å². The van der Waals surface area contributed by atoms with Gasteiger partial charge in [-0.25, -0.2) is 4.79 Å². The predicted octanol–water partition coefficient (Wildman–Crippen LogP) is 2.08. The molecule has 6 nitrogen and oxygen atoms in total. The molecule has 6 heteroatoms. The van der Waals surface area contributed by atoms with Gasteiger partial charge in [-0.2, -0.15) is 0 Å². The van der Waals surface area contributed by atoms with Crippen LogP contribution in [0, 0.1) is 5.92 Å². The Morgan fingerprint density at radius 2 is 1.68 bits per heavy atom. The van der Waals surface area contributed by atoms with Crippen LogP contribution >= 0.6 is 0 Å². The highest BCUT2D eigenvalue weighted by molar-refractivity contribution is 5.84. The summed E-state index contributed by atoms with van der Waals surface area (Å²) in [6, 6.07) is 6.01. The van der Waals surface area contributed by atoms with Crippen molar-refractivity contribution in [3.8, 4) is 11.5 Å². The first kappa shape index (κ1) is 17.8. The Kier molecular flexibility index (Phi) is 7.22. The van der Waals surface area contributed by atoms with Crippen LogP contribution < -0.4 is 14.8 Å². The minimum atomic E-state index is -1.05. The third kappa shape index (κ3) is 6.03. The van der Waals surface area contributed by atoms with Gasteiger partial charge in [-0.05, 0) is 36.6 Å². The Morgan fingerprint density at radius 3 is 2.14 bits per heavy atom. The monoisotopic (exact) mass is 309 g/mol. The van der Waals surface area contributed by atoms with Crippen LogP contribution in [-0.2, 0) is 9.59 Å². The fourth-order valence-electron chi connectivity index (χ4n) is 1.73. The molecule has 0 aliphatic heterocycles. The zero-order valence-corrected chi connectivity index (χ0v) is 13.2. The van der Waals surface area contributed by atoms with Crippen LogP contribution in [0.15, 0.2) is 24.3 Å². The quantitative estimate of drug-likeness (QED) is 0.729. The average Bonchev–Trinajstić information content (AvgIpc) is 2.49. The van der Waals surface area contributed by atoms with Crippen molar-refractivity contribution in [1.29, 1.82) is 0 Å². The zero-order chi connectivity index (χ0) is 16.5. The van der Waals surface area contributed by atoms with Crippen molar-refractivity contribution >= 4 is 11.9 Å². The third-order valence-corrected chi connectivity index (χ3v) is 2.92. The summed E-state index contributed by atoms with van der Waals surface area (Å²) in [4.78, 5) is 22.7. The van der Waals surface area contributed by atoms with Gasteiger partial charge in [-0.3, -0.25) is 4.79 Å². The Hall–Kier alpha value is -2.24. The number of rotatable bonds is 9. The molecule has 0 radical (unpaired) electrons. The third-order valence-electron chi connectivity index (χ3n) is 2.92. The van der Waals surface area contributed by atoms with E-state index in [9.17, 15) is 9.59 Å². The molecule has 122 valence electrons. The van der Waals surface area contributed by atoms with E-state index in [1.165, 1.54) is 0 Å². The molecule has 1 atom stereocenters. The molecule has 0 heterocycles. The summed E-state index contributed by atoms with van der Waals surface area (Å²) < 4.78 is 10.8. The van der Waals surface area contributed by atoms with E-state index in [-0.39, 0.29) is 12.5 Å². The summed E-state index contributed by atoms with van der Waals surface area (Å²) in [6.07, 6.45) is 0.930. The van der Waals surface area contributed by atoms with E-state index in [0.717, 1.165) is 12.2 Å². The van der Waals surface area contributed by atoms with Gasteiger partial charge in [0.25, 0.3) is 5.91 Å². The minimum absolute atomic E-state index is 0.198. The maximum Gasteiger partial charge on any atom is 0.326 e. The van der Waals surface area contributed by atoms with Crippen molar-refractivity contribution in [1.82, 2.24) is 5.32 Å². The summed E-state index contributed by atoms with van der Waals surface area (Å²) in [5.74, 6) is -0.454. The van der Waals surface area contributed by atoms with E-state index in [2.05, 4.69) is 5.32 Å². The number of nitrogens with one attached hydrogen (secondary N) is 1. The van der Waals surface area contributed by atoms with Gasteiger partial charge in [0.15, 0.2) is 6.61 Å². The molecule has 2 N–H and O–H groups in total. The van der Waals surface area contributed by atoms with Crippen molar-refractivity contribution in [3.63, 3.8) is 0 Å². The predicted molar refractivity (Wildman–Crippen MR) is 82.1 cm³/mol. The second kappa shape index (κ2) is 8.92. The maximum absolute atomic E-state index is 11.7. The van der Waals surface area contributed by atoms with Gasteiger partial charge in [-0.15, -0.1) is 0 Å². The number of hydrogen-bond donors (Lipinski definition) is 2. The number of carbonyl (C=O) groups excluding carboxylic acids is 1. The van der Waals surface area contributed by atoms with E-state index in [1.807, 2.05) is 6.92 Å². The van der Waals surface area contributed by atoms with Crippen LogP contribution in [0.4, 0.5) is 0 Å². The standard InChI is InChI=1S/C16H23NO5/c1-4-9-21-12-5-7-13(8-6-12)22-10-14(18)17-15(11(2)3)16(19)20/h5-8,11,15H,4,9-10H2,1-3H3,(H,17,18)(H,19,20). The molecular weight excluding hydrogens is 286 g/mol. The van der Waals surface area contributed by atoms with Crippen LogP contribution in [0.1, 0.15) is 27.2 Å². The minimum Gasteiger partial charge on any atom is -0.494 e. The molecule has 22 heavy (non-hydrogen) atoms. The fraction of sp³-hybridized carbons (Fsp3) is 0.500. The van der Waals surface area contributed by atoms with Gasteiger partial charge < -0.3 is 19.9 Å². The van der Waals surface area contributed by atoms with Gasteiger partial charge >= 0.3 is 5.97 Å². The van der Waals surface area contributed by atoms with Crippen LogP contribution in [0.25, 0.3) is 0 Å². The molecule has 0 spiro atoms. The molecule has 1 unspecified atom stereocenters.